The number of hydrogen-bond donors (Lipinski definition) is 1. The monoisotopic (exact) mass is 396 g/mol. The highest BCUT2D eigenvalue weighted by Gasteiger charge is 2.30. The number of carbonyl (C=O) groups excluding carboxylic acids is 2. The summed E-state index contributed by atoms with van der Waals surface area (Å²) in [7, 11) is 0. The second kappa shape index (κ2) is 8.19. The lowest BCUT2D eigenvalue weighted by atomic mass is 9.99. The molecule has 28 heavy (non-hydrogen) atoms. The van der Waals surface area contributed by atoms with E-state index >= 15 is 0 Å². The fraction of sp³-hybridized carbons (Fsp3) is 0.143. The molecule has 0 aliphatic carbocycles. The number of carbonyl (C=O) groups is 2. The number of benzene rings is 2. The molecule has 0 aromatic heterocycles. The van der Waals surface area contributed by atoms with Crippen LogP contribution in [-0.2, 0) is 9.53 Å². The SMILES string of the molecule is CCOC(=O)/C(C1=NC(=NC(=O)c2cccc(Cl)c2)c2ccccc21)=C(/C)O. The second-order valence-electron chi connectivity index (χ2n) is 5.94. The van der Waals surface area contributed by atoms with Gasteiger partial charge in [-0.25, -0.2) is 9.79 Å². The van der Waals surface area contributed by atoms with Crippen molar-refractivity contribution >= 4 is 35.0 Å². The maximum absolute atomic E-state index is 12.5. The lowest BCUT2D eigenvalue weighted by Crippen LogP contribution is -2.18. The van der Waals surface area contributed by atoms with E-state index in [1.54, 1.807) is 49.4 Å². The van der Waals surface area contributed by atoms with Crippen LogP contribution in [0.15, 0.2) is 69.8 Å². The van der Waals surface area contributed by atoms with Gasteiger partial charge in [0.05, 0.1) is 12.3 Å². The largest absolute Gasteiger partial charge is 0.512 e. The highest BCUT2D eigenvalue weighted by Crippen LogP contribution is 2.26. The van der Waals surface area contributed by atoms with Crippen molar-refractivity contribution in [3.63, 3.8) is 0 Å². The smallest absolute Gasteiger partial charge is 0.343 e. The summed E-state index contributed by atoms with van der Waals surface area (Å²) in [6, 6.07) is 13.5. The van der Waals surface area contributed by atoms with Gasteiger partial charge in [-0.05, 0) is 32.0 Å². The van der Waals surface area contributed by atoms with E-state index in [9.17, 15) is 14.7 Å². The molecule has 0 bridgehead atoms. The zero-order chi connectivity index (χ0) is 20.3. The molecule has 2 aromatic carbocycles. The van der Waals surface area contributed by atoms with Gasteiger partial charge in [-0.2, -0.15) is 4.99 Å². The van der Waals surface area contributed by atoms with Crippen molar-refractivity contribution in [3.8, 4) is 0 Å². The molecule has 0 radical (unpaired) electrons. The van der Waals surface area contributed by atoms with E-state index < -0.39 is 11.9 Å². The van der Waals surface area contributed by atoms with Crippen LogP contribution in [0.3, 0.4) is 0 Å². The number of nitrogens with zero attached hydrogens (tertiary/aromatic N) is 2. The molecule has 1 aliphatic rings. The van der Waals surface area contributed by atoms with Crippen molar-refractivity contribution in [2.45, 2.75) is 13.8 Å². The van der Waals surface area contributed by atoms with Gasteiger partial charge < -0.3 is 9.84 Å². The second-order valence-corrected chi connectivity index (χ2v) is 6.37. The van der Waals surface area contributed by atoms with Crippen molar-refractivity contribution in [2.24, 2.45) is 9.98 Å². The zero-order valence-corrected chi connectivity index (χ0v) is 16.0. The number of esters is 1. The number of amidine groups is 1. The van der Waals surface area contributed by atoms with E-state index in [1.165, 1.54) is 13.0 Å². The van der Waals surface area contributed by atoms with Gasteiger partial charge in [0, 0.05) is 21.7 Å². The molecule has 7 heteroatoms. The number of rotatable bonds is 4. The molecule has 1 aliphatic heterocycles. The number of halogens is 1. The van der Waals surface area contributed by atoms with Crippen LogP contribution in [0.25, 0.3) is 0 Å². The third-order valence-corrected chi connectivity index (χ3v) is 4.23. The van der Waals surface area contributed by atoms with Crippen LogP contribution >= 0.6 is 11.6 Å². The molecule has 1 N–H and O–H groups in total. The Morgan fingerprint density at radius 1 is 1.14 bits per heavy atom. The topological polar surface area (TPSA) is 88.3 Å². The van der Waals surface area contributed by atoms with Crippen molar-refractivity contribution in [3.05, 3.63) is 81.6 Å². The van der Waals surface area contributed by atoms with Crippen LogP contribution in [0.1, 0.15) is 35.3 Å². The molecule has 0 unspecified atom stereocenters. The van der Waals surface area contributed by atoms with Gasteiger partial charge in [-0.1, -0.05) is 41.9 Å². The summed E-state index contributed by atoms with van der Waals surface area (Å²) in [5.41, 5.74) is 1.63. The summed E-state index contributed by atoms with van der Waals surface area (Å²) in [5.74, 6) is -1.29. The molecular formula is C21H17ClN2O4. The lowest BCUT2D eigenvalue weighted by molar-refractivity contribution is -0.138. The number of amides is 1. The number of fused-ring (bicyclic) bond motifs is 1. The number of aliphatic imine (C=N–C) groups is 2. The Kier molecular flexibility index (Phi) is 5.70. The minimum absolute atomic E-state index is 0.0605. The number of allylic oxidation sites excluding steroid dienone is 1. The molecule has 0 saturated heterocycles. The highest BCUT2D eigenvalue weighted by atomic mass is 35.5. The molecule has 0 fully saturated rings. The standard InChI is InChI=1S/C21H17ClN2O4/c1-3-28-21(27)17(12(2)25)18-15-9-4-5-10-16(15)19(23-18)24-20(26)13-7-6-8-14(22)11-13/h4-11,25H,3H2,1-2H3/b17-12-,24-19?. The fourth-order valence-corrected chi connectivity index (χ4v) is 2.98. The first kappa shape index (κ1) is 19.5. The number of aliphatic hydroxyl groups is 1. The third kappa shape index (κ3) is 3.87. The first-order valence-electron chi connectivity index (χ1n) is 8.56. The molecule has 1 heterocycles. The minimum Gasteiger partial charge on any atom is -0.512 e. The van der Waals surface area contributed by atoms with Crippen LogP contribution in [0.4, 0.5) is 0 Å². The van der Waals surface area contributed by atoms with Crippen LogP contribution in [0.2, 0.25) is 5.02 Å². The van der Waals surface area contributed by atoms with Gasteiger partial charge in [0.1, 0.15) is 11.3 Å². The molecule has 0 spiro atoms. The summed E-state index contributed by atoms with van der Waals surface area (Å²) < 4.78 is 5.03. The Labute approximate surface area is 166 Å². The minimum atomic E-state index is -0.696. The Morgan fingerprint density at radius 2 is 1.86 bits per heavy atom. The van der Waals surface area contributed by atoms with Gasteiger partial charge in [0.2, 0.25) is 0 Å². The Morgan fingerprint density at radius 3 is 2.50 bits per heavy atom. The average molecular weight is 397 g/mol. The van der Waals surface area contributed by atoms with Crippen LogP contribution in [-0.4, -0.2) is 35.1 Å². The van der Waals surface area contributed by atoms with Gasteiger partial charge in [0.25, 0.3) is 5.91 Å². The normalized spacial score (nSPS) is 15.0. The van der Waals surface area contributed by atoms with Crippen LogP contribution in [0.5, 0.6) is 0 Å². The van der Waals surface area contributed by atoms with Crippen molar-refractivity contribution in [2.75, 3.05) is 6.61 Å². The van der Waals surface area contributed by atoms with Crippen LogP contribution in [0, 0.1) is 0 Å². The first-order valence-corrected chi connectivity index (χ1v) is 8.94. The van der Waals surface area contributed by atoms with E-state index in [-0.39, 0.29) is 29.5 Å². The van der Waals surface area contributed by atoms with Crippen LogP contribution < -0.4 is 0 Å². The summed E-state index contributed by atoms with van der Waals surface area (Å²) in [4.78, 5) is 33.3. The van der Waals surface area contributed by atoms with Gasteiger partial charge in [-0.3, -0.25) is 4.79 Å². The van der Waals surface area contributed by atoms with Gasteiger partial charge in [0.15, 0.2) is 5.84 Å². The Hall–Kier alpha value is -3.25. The van der Waals surface area contributed by atoms with Crippen molar-refractivity contribution < 1.29 is 19.4 Å². The summed E-state index contributed by atoms with van der Waals surface area (Å²) in [6.45, 7) is 3.20. The fourth-order valence-electron chi connectivity index (χ4n) is 2.79. The molecule has 1 amide bonds. The average Bonchev–Trinajstić information content (AvgIpc) is 3.00. The number of hydrogen-bond acceptors (Lipinski definition) is 4. The molecule has 0 saturated carbocycles. The Balaban J connectivity index is 2.10. The highest BCUT2D eigenvalue weighted by molar-refractivity contribution is 6.36. The van der Waals surface area contributed by atoms with Gasteiger partial charge >= 0.3 is 5.97 Å². The lowest BCUT2D eigenvalue weighted by Gasteiger charge is -2.08. The Bertz CT molecular complexity index is 1050. The predicted molar refractivity (Wildman–Crippen MR) is 107 cm³/mol. The molecule has 3 rings (SSSR count). The van der Waals surface area contributed by atoms with E-state index in [0.717, 1.165) is 0 Å². The van der Waals surface area contributed by atoms with E-state index in [4.69, 9.17) is 16.3 Å². The maximum Gasteiger partial charge on any atom is 0.343 e. The van der Waals surface area contributed by atoms with Crippen molar-refractivity contribution in [1.29, 1.82) is 0 Å². The third-order valence-electron chi connectivity index (χ3n) is 4.00. The quantitative estimate of drug-likeness (QED) is 0.478. The zero-order valence-electron chi connectivity index (χ0n) is 15.3. The van der Waals surface area contributed by atoms with E-state index in [0.29, 0.717) is 21.7 Å². The molecular weight excluding hydrogens is 380 g/mol. The summed E-state index contributed by atoms with van der Waals surface area (Å²) in [5, 5.41) is 10.5. The maximum atomic E-state index is 12.5. The number of aliphatic hydroxyl groups excluding tert-OH is 1. The van der Waals surface area contributed by atoms with Gasteiger partial charge in [-0.15, -0.1) is 0 Å². The number of ether oxygens (including phenoxy) is 1. The summed E-state index contributed by atoms with van der Waals surface area (Å²) >= 11 is 5.94. The molecule has 6 nitrogen and oxygen atoms in total. The molecule has 2 aromatic rings. The molecule has 0 atom stereocenters. The van der Waals surface area contributed by atoms with Crippen molar-refractivity contribution in [1.82, 2.24) is 0 Å². The van der Waals surface area contributed by atoms with E-state index in [1.807, 2.05) is 0 Å². The first-order chi connectivity index (χ1) is 13.4. The summed E-state index contributed by atoms with van der Waals surface area (Å²) in [6.07, 6.45) is 0. The van der Waals surface area contributed by atoms with E-state index in [2.05, 4.69) is 9.98 Å². The predicted octanol–water partition coefficient (Wildman–Crippen LogP) is 4.12. The molecule has 142 valence electrons.